The average molecular weight is 334 g/mol. The standard InChI is InChI=1S/C15H15Cl3O2/c16-9-6-11(18)12(7-10(9)17)20-14-8-13(19)15(14)4-2-1-3-5-15/h6-7,14H,1-5,8H2. The van der Waals surface area contributed by atoms with Crippen molar-refractivity contribution in [3.8, 4) is 5.75 Å². The number of Topliss-reactive ketones (excluding diaryl/α,β-unsaturated/α-hetero) is 1. The van der Waals surface area contributed by atoms with Gasteiger partial charge in [0.15, 0.2) is 0 Å². The largest absolute Gasteiger partial charge is 0.487 e. The van der Waals surface area contributed by atoms with E-state index < -0.39 is 0 Å². The molecule has 0 amide bonds. The van der Waals surface area contributed by atoms with Crippen molar-refractivity contribution in [1.29, 1.82) is 0 Å². The molecule has 2 nitrogen and oxygen atoms in total. The van der Waals surface area contributed by atoms with Gasteiger partial charge in [-0.3, -0.25) is 4.79 Å². The van der Waals surface area contributed by atoms with Crippen LogP contribution in [0.1, 0.15) is 38.5 Å². The van der Waals surface area contributed by atoms with Gasteiger partial charge in [-0.05, 0) is 18.9 Å². The van der Waals surface area contributed by atoms with Crippen LogP contribution in [0.3, 0.4) is 0 Å². The van der Waals surface area contributed by atoms with Gasteiger partial charge in [-0.1, -0.05) is 54.1 Å². The Kier molecular flexibility index (Phi) is 3.91. The summed E-state index contributed by atoms with van der Waals surface area (Å²) in [5.74, 6) is 0.849. The minimum Gasteiger partial charge on any atom is -0.487 e. The van der Waals surface area contributed by atoms with E-state index in [1.54, 1.807) is 12.1 Å². The number of carbonyl (C=O) groups excluding carboxylic acids is 1. The van der Waals surface area contributed by atoms with Gasteiger partial charge in [-0.25, -0.2) is 0 Å². The highest BCUT2D eigenvalue weighted by atomic mass is 35.5. The summed E-state index contributed by atoms with van der Waals surface area (Å²) in [6.07, 6.45) is 5.64. The third-order valence-corrected chi connectivity index (χ3v) is 5.55. The van der Waals surface area contributed by atoms with Crippen LogP contribution in [0, 0.1) is 5.41 Å². The molecule has 20 heavy (non-hydrogen) atoms. The molecule has 1 atom stereocenters. The van der Waals surface area contributed by atoms with Gasteiger partial charge in [0.1, 0.15) is 17.6 Å². The predicted molar refractivity (Wildman–Crippen MR) is 81.0 cm³/mol. The third kappa shape index (κ3) is 2.32. The lowest BCUT2D eigenvalue weighted by atomic mass is 9.57. The monoisotopic (exact) mass is 332 g/mol. The highest BCUT2D eigenvalue weighted by molar-refractivity contribution is 6.43. The molecule has 3 rings (SSSR count). The fraction of sp³-hybridized carbons (Fsp3) is 0.533. The van der Waals surface area contributed by atoms with Gasteiger partial charge >= 0.3 is 0 Å². The Labute approximate surface area is 133 Å². The van der Waals surface area contributed by atoms with Crippen LogP contribution in [0.25, 0.3) is 0 Å². The van der Waals surface area contributed by atoms with Crippen LogP contribution in [0.2, 0.25) is 15.1 Å². The maximum atomic E-state index is 12.1. The molecule has 1 aromatic carbocycles. The zero-order valence-corrected chi connectivity index (χ0v) is 13.2. The van der Waals surface area contributed by atoms with E-state index in [0.717, 1.165) is 25.7 Å². The highest BCUT2D eigenvalue weighted by Crippen LogP contribution is 2.51. The molecule has 5 heteroatoms. The second-order valence-corrected chi connectivity index (χ2v) is 6.87. The lowest BCUT2D eigenvalue weighted by Gasteiger charge is -2.49. The fourth-order valence-electron chi connectivity index (χ4n) is 3.30. The number of halogens is 3. The molecule has 0 aliphatic heterocycles. The summed E-state index contributed by atoms with van der Waals surface area (Å²) in [6, 6.07) is 3.21. The van der Waals surface area contributed by atoms with Gasteiger partial charge in [0.25, 0.3) is 0 Å². The van der Waals surface area contributed by atoms with Crippen LogP contribution < -0.4 is 4.74 Å². The smallest absolute Gasteiger partial charge is 0.146 e. The number of hydrogen-bond acceptors (Lipinski definition) is 2. The van der Waals surface area contributed by atoms with Gasteiger partial charge in [0.05, 0.1) is 20.5 Å². The molecule has 0 N–H and O–H groups in total. The van der Waals surface area contributed by atoms with Crippen molar-refractivity contribution >= 4 is 40.6 Å². The molecule has 2 aliphatic carbocycles. The Morgan fingerprint density at radius 2 is 1.65 bits per heavy atom. The highest BCUT2D eigenvalue weighted by Gasteiger charge is 2.56. The maximum Gasteiger partial charge on any atom is 0.146 e. The van der Waals surface area contributed by atoms with Gasteiger partial charge in [-0.2, -0.15) is 0 Å². The lowest BCUT2D eigenvalue weighted by molar-refractivity contribution is -0.156. The van der Waals surface area contributed by atoms with Gasteiger partial charge in [0.2, 0.25) is 0 Å². The van der Waals surface area contributed by atoms with E-state index in [9.17, 15) is 4.79 Å². The minimum absolute atomic E-state index is 0.0787. The molecule has 108 valence electrons. The first kappa shape index (κ1) is 14.5. The van der Waals surface area contributed by atoms with Crippen molar-refractivity contribution < 1.29 is 9.53 Å². The predicted octanol–water partition coefficient (Wildman–Crippen LogP) is 5.32. The average Bonchev–Trinajstić information content (AvgIpc) is 2.45. The molecule has 2 aliphatic rings. The van der Waals surface area contributed by atoms with Crippen LogP contribution in [0.4, 0.5) is 0 Å². The lowest BCUT2D eigenvalue weighted by Crippen LogP contribution is -2.57. The third-order valence-electron chi connectivity index (χ3n) is 4.53. The summed E-state index contributed by atoms with van der Waals surface area (Å²) in [5, 5.41) is 1.25. The summed E-state index contributed by atoms with van der Waals surface area (Å²) in [4.78, 5) is 12.1. The molecule has 0 bridgehead atoms. The summed E-state index contributed by atoms with van der Waals surface area (Å²) in [7, 11) is 0. The van der Waals surface area contributed by atoms with E-state index >= 15 is 0 Å². The van der Waals surface area contributed by atoms with Crippen molar-refractivity contribution in [2.24, 2.45) is 5.41 Å². The first-order valence-electron chi connectivity index (χ1n) is 6.87. The van der Waals surface area contributed by atoms with Crippen LogP contribution in [0.5, 0.6) is 5.75 Å². The van der Waals surface area contributed by atoms with Crippen LogP contribution >= 0.6 is 34.8 Å². The molecule has 1 unspecified atom stereocenters. The number of rotatable bonds is 2. The van der Waals surface area contributed by atoms with Crippen LogP contribution in [-0.2, 0) is 4.79 Å². The number of benzene rings is 1. The summed E-state index contributed by atoms with van der Waals surface area (Å²) >= 11 is 18.0. The Hall–Kier alpha value is -0.440. The summed E-state index contributed by atoms with van der Waals surface area (Å²) in [5.41, 5.74) is -0.284. The molecule has 0 aromatic heterocycles. The van der Waals surface area contributed by atoms with Crippen LogP contribution in [-0.4, -0.2) is 11.9 Å². The van der Waals surface area contributed by atoms with E-state index in [1.807, 2.05) is 0 Å². The second kappa shape index (κ2) is 5.40. The molecule has 0 radical (unpaired) electrons. The van der Waals surface area contributed by atoms with E-state index in [-0.39, 0.29) is 11.5 Å². The molecule has 2 saturated carbocycles. The van der Waals surface area contributed by atoms with E-state index in [4.69, 9.17) is 39.5 Å². The maximum absolute atomic E-state index is 12.1. The van der Waals surface area contributed by atoms with Gasteiger partial charge in [0, 0.05) is 12.5 Å². The number of ether oxygens (including phenoxy) is 1. The molecule has 1 spiro atoms. The van der Waals surface area contributed by atoms with Crippen molar-refractivity contribution in [2.75, 3.05) is 0 Å². The summed E-state index contributed by atoms with van der Waals surface area (Å²) < 4.78 is 5.98. The SMILES string of the molecule is O=C1CC(Oc2cc(Cl)c(Cl)cc2Cl)C12CCCCC2. The molecular weight excluding hydrogens is 319 g/mol. The zero-order chi connectivity index (χ0) is 14.3. The van der Waals surface area contributed by atoms with Gasteiger partial charge in [-0.15, -0.1) is 0 Å². The Morgan fingerprint density at radius 1 is 1.00 bits per heavy atom. The van der Waals surface area contributed by atoms with Crippen molar-refractivity contribution in [2.45, 2.75) is 44.6 Å². The molecular formula is C15H15Cl3O2. The van der Waals surface area contributed by atoms with E-state index in [0.29, 0.717) is 33.0 Å². The number of hydrogen-bond donors (Lipinski definition) is 0. The zero-order valence-electron chi connectivity index (χ0n) is 10.9. The molecule has 2 fully saturated rings. The van der Waals surface area contributed by atoms with Crippen LogP contribution in [0.15, 0.2) is 12.1 Å². The summed E-state index contributed by atoms with van der Waals surface area (Å²) in [6.45, 7) is 0. The number of ketones is 1. The van der Waals surface area contributed by atoms with Crippen molar-refractivity contribution in [1.82, 2.24) is 0 Å². The first-order valence-corrected chi connectivity index (χ1v) is 8.01. The fourth-order valence-corrected chi connectivity index (χ4v) is 3.88. The molecule has 0 heterocycles. The van der Waals surface area contributed by atoms with Crippen molar-refractivity contribution in [3.63, 3.8) is 0 Å². The first-order chi connectivity index (χ1) is 9.53. The quantitative estimate of drug-likeness (QED) is 0.685. The minimum atomic E-state index is -0.284. The van der Waals surface area contributed by atoms with E-state index in [1.165, 1.54) is 6.42 Å². The molecule has 1 aromatic rings. The Balaban J connectivity index is 1.81. The Morgan fingerprint density at radius 3 is 2.30 bits per heavy atom. The topological polar surface area (TPSA) is 26.3 Å². The van der Waals surface area contributed by atoms with Crippen molar-refractivity contribution in [3.05, 3.63) is 27.2 Å². The normalized spacial score (nSPS) is 24.6. The number of carbonyl (C=O) groups is 1. The van der Waals surface area contributed by atoms with E-state index in [2.05, 4.69) is 0 Å². The second-order valence-electron chi connectivity index (χ2n) is 5.65. The van der Waals surface area contributed by atoms with Gasteiger partial charge < -0.3 is 4.74 Å². The molecule has 0 saturated heterocycles. The Bertz CT molecular complexity index is 550.